The zero-order valence-electron chi connectivity index (χ0n) is 11.6. The molecule has 0 spiro atoms. The predicted molar refractivity (Wildman–Crippen MR) is 77.2 cm³/mol. The highest BCUT2D eigenvalue weighted by Crippen LogP contribution is 2.27. The molecular weight excluding hydrogens is 236 g/mol. The summed E-state index contributed by atoms with van der Waals surface area (Å²) in [5, 5.41) is 0. The SMILES string of the molecule is N[C@H]1CCN(Cc2ccccc2OC2CCCC2)C1. The molecule has 1 saturated carbocycles. The lowest BCUT2D eigenvalue weighted by Gasteiger charge is -2.20. The lowest BCUT2D eigenvalue weighted by molar-refractivity contribution is 0.204. The number of hydrogen-bond acceptors (Lipinski definition) is 3. The third kappa shape index (κ3) is 3.28. The smallest absolute Gasteiger partial charge is 0.124 e. The van der Waals surface area contributed by atoms with Gasteiger partial charge in [-0.3, -0.25) is 4.90 Å². The van der Waals surface area contributed by atoms with Gasteiger partial charge in [-0.25, -0.2) is 0 Å². The summed E-state index contributed by atoms with van der Waals surface area (Å²) in [7, 11) is 0. The van der Waals surface area contributed by atoms with Gasteiger partial charge in [-0.1, -0.05) is 18.2 Å². The Morgan fingerprint density at radius 2 is 1.95 bits per heavy atom. The van der Waals surface area contributed by atoms with E-state index in [4.69, 9.17) is 10.5 Å². The maximum absolute atomic E-state index is 6.19. The fourth-order valence-electron chi connectivity index (χ4n) is 3.18. The van der Waals surface area contributed by atoms with Gasteiger partial charge in [-0.05, 0) is 38.2 Å². The minimum atomic E-state index is 0.350. The van der Waals surface area contributed by atoms with Crippen LogP contribution in [-0.2, 0) is 6.54 Å². The normalized spacial score (nSPS) is 25.0. The predicted octanol–water partition coefficient (Wildman–Crippen LogP) is 2.54. The molecule has 1 heterocycles. The van der Waals surface area contributed by atoms with Gasteiger partial charge in [0.1, 0.15) is 5.75 Å². The van der Waals surface area contributed by atoms with Crippen molar-refractivity contribution in [3.8, 4) is 5.75 Å². The monoisotopic (exact) mass is 260 g/mol. The molecule has 1 aromatic carbocycles. The number of nitrogens with two attached hydrogens (primary N) is 1. The highest BCUT2D eigenvalue weighted by Gasteiger charge is 2.21. The van der Waals surface area contributed by atoms with Crippen molar-refractivity contribution in [2.45, 2.75) is 50.8 Å². The van der Waals surface area contributed by atoms with E-state index < -0.39 is 0 Å². The summed E-state index contributed by atoms with van der Waals surface area (Å²) in [5.74, 6) is 1.08. The summed E-state index contributed by atoms with van der Waals surface area (Å²) in [6, 6.07) is 8.83. The molecule has 0 bridgehead atoms. The molecule has 3 rings (SSSR count). The number of benzene rings is 1. The molecule has 2 fully saturated rings. The van der Waals surface area contributed by atoms with Gasteiger partial charge in [-0.15, -0.1) is 0 Å². The number of hydrogen-bond donors (Lipinski definition) is 1. The van der Waals surface area contributed by atoms with Crippen molar-refractivity contribution in [1.29, 1.82) is 0 Å². The van der Waals surface area contributed by atoms with Crippen LogP contribution in [0.3, 0.4) is 0 Å². The van der Waals surface area contributed by atoms with Gasteiger partial charge in [0.2, 0.25) is 0 Å². The second kappa shape index (κ2) is 5.93. The van der Waals surface area contributed by atoms with E-state index in [9.17, 15) is 0 Å². The molecule has 1 aromatic rings. The highest BCUT2D eigenvalue weighted by atomic mass is 16.5. The average Bonchev–Trinajstić information content (AvgIpc) is 3.04. The largest absolute Gasteiger partial charge is 0.490 e. The third-order valence-corrected chi connectivity index (χ3v) is 4.27. The van der Waals surface area contributed by atoms with Crippen LogP contribution in [0.1, 0.15) is 37.7 Å². The Kier molecular flexibility index (Phi) is 4.04. The van der Waals surface area contributed by atoms with Crippen molar-refractivity contribution in [2.24, 2.45) is 5.73 Å². The molecule has 1 aliphatic carbocycles. The van der Waals surface area contributed by atoms with Crippen molar-refractivity contribution in [3.63, 3.8) is 0 Å². The molecule has 2 N–H and O–H groups in total. The summed E-state index contributed by atoms with van der Waals surface area (Å²) in [4.78, 5) is 2.43. The summed E-state index contributed by atoms with van der Waals surface area (Å²) in [6.07, 6.45) is 6.60. The van der Waals surface area contributed by atoms with Crippen LogP contribution in [-0.4, -0.2) is 30.1 Å². The fourth-order valence-corrected chi connectivity index (χ4v) is 3.18. The Morgan fingerprint density at radius 3 is 2.68 bits per heavy atom. The van der Waals surface area contributed by atoms with Crippen molar-refractivity contribution in [1.82, 2.24) is 4.90 Å². The first kappa shape index (κ1) is 12.9. The summed E-state index contributed by atoms with van der Waals surface area (Å²) in [6.45, 7) is 3.09. The standard InChI is InChI=1S/C16H24N2O/c17-14-9-10-18(12-14)11-13-5-1-4-8-16(13)19-15-6-2-3-7-15/h1,4-5,8,14-15H,2-3,6-7,9-12,17H2/t14-/m0/s1. The van der Waals surface area contributed by atoms with Gasteiger partial charge in [0.05, 0.1) is 6.10 Å². The minimum Gasteiger partial charge on any atom is -0.490 e. The van der Waals surface area contributed by atoms with Crippen LogP contribution in [0.2, 0.25) is 0 Å². The lowest BCUT2D eigenvalue weighted by Crippen LogP contribution is -2.26. The second-order valence-corrected chi connectivity index (χ2v) is 5.92. The van der Waals surface area contributed by atoms with Crippen molar-refractivity contribution in [2.75, 3.05) is 13.1 Å². The Morgan fingerprint density at radius 1 is 1.16 bits per heavy atom. The number of para-hydroxylation sites is 1. The molecule has 104 valence electrons. The molecule has 19 heavy (non-hydrogen) atoms. The zero-order chi connectivity index (χ0) is 13.1. The number of rotatable bonds is 4. The van der Waals surface area contributed by atoms with E-state index in [1.165, 1.54) is 31.2 Å². The molecule has 0 amide bonds. The molecule has 0 radical (unpaired) electrons. The Bertz CT molecular complexity index is 415. The molecule has 3 heteroatoms. The number of ether oxygens (including phenoxy) is 1. The molecule has 1 aliphatic heterocycles. The van der Waals surface area contributed by atoms with E-state index in [0.717, 1.165) is 31.8 Å². The Balaban J connectivity index is 1.66. The molecule has 1 atom stereocenters. The van der Waals surface area contributed by atoms with E-state index in [-0.39, 0.29) is 0 Å². The molecule has 0 aromatic heterocycles. The molecule has 3 nitrogen and oxygen atoms in total. The van der Waals surface area contributed by atoms with Crippen LogP contribution in [0, 0.1) is 0 Å². The van der Waals surface area contributed by atoms with E-state index >= 15 is 0 Å². The van der Waals surface area contributed by atoms with Gasteiger partial charge in [0.15, 0.2) is 0 Å². The van der Waals surface area contributed by atoms with Crippen molar-refractivity contribution >= 4 is 0 Å². The van der Waals surface area contributed by atoms with Gasteiger partial charge in [-0.2, -0.15) is 0 Å². The van der Waals surface area contributed by atoms with E-state index in [1.807, 2.05) is 0 Å². The molecule has 1 saturated heterocycles. The summed E-state index contributed by atoms with van der Waals surface area (Å²) >= 11 is 0. The van der Waals surface area contributed by atoms with Crippen LogP contribution in [0.15, 0.2) is 24.3 Å². The van der Waals surface area contributed by atoms with Gasteiger partial charge in [0, 0.05) is 31.2 Å². The first-order valence-corrected chi connectivity index (χ1v) is 7.54. The summed E-state index contributed by atoms with van der Waals surface area (Å²) < 4.78 is 6.19. The van der Waals surface area contributed by atoms with Crippen LogP contribution >= 0.6 is 0 Å². The van der Waals surface area contributed by atoms with Crippen LogP contribution in [0.25, 0.3) is 0 Å². The van der Waals surface area contributed by atoms with Crippen LogP contribution in [0.5, 0.6) is 5.75 Å². The maximum Gasteiger partial charge on any atom is 0.124 e. The van der Waals surface area contributed by atoms with E-state index in [2.05, 4.69) is 29.2 Å². The van der Waals surface area contributed by atoms with Gasteiger partial charge >= 0.3 is 0 Å². The Labute approximate surface area is 115 Å². The topological polar surface area (TPSA) is 38.5 Å². The first-order chi connectivity index (χ1) is 9.31. The zero-order valence-corrected chi connectivity index (χ0v) is 11.6. The molecule has 2 aliphatic rings. The third-order valence-electron chi connectivity index (χ3n) is 4.27. The van der Waals surface area contributed by atoms with Crippen molar-refractivity contribution in [3.05, 3.63) is 29.8 Å². The van der Waals surface area contributed by atoms with Crippen LogP contribution in [0.4, 0.5) is 0 Å². The first-order valence-electron chi connectivity index (χ1n) is 7.54. The Hall–Kier alpha value is -1.06. The molecule has 0 unspecified atom stereocenters. The highest BCUT2D eigenvalue weighted by molar-refractivity contribution is 5.33. The van der Waals surface area contributed by atoms with E-state index in [1.54, 1.807) is 0 Å². The minimum absolute atomic E-state index is 0.350. The number of likely N-dealkylation sites (tertiary alicyclic amines) is 1. The quantitative estimate of drug-likeness (QED) is 0.904. The average molecular weight is 260 g/mol. The van der Waals surface area contributed by atoms with E-state index in [0.29, 0.717) is 12.1 Å². The maximum atomic E-state index is 6.19. The van der Waals surface area contributed by atoms with Crippen LogP contribution < -0.4 is 10.5 Å². The summed E-state index contributed by atoms with van der Waals surface area (Å²) in [5.41, 5.74) is 7.28. The molecular formula is C16H24N2O. The fraction of sp³-hybridized carbons (Fsp3) is 0.625. The lowest BCUT2D eigenvalue weighted by atomic mass is 10.2. The second-order valence-electron chi connectivity index (χ2n) is 5.92. The van der Waals surface area contributed by atoms with Gasteiger partial charge in [0.25, 0.3) is 0 Å². The number of nitrogens with zero attached hydrogens (tertiary/aromatic N) is 1. The van der Waals surface area contributed by atoms with Crippen molar-refractivity contribution < 1.29 is 4.74 Å². The van der Waals surface area contributed by atoms with Gasteiger partial charge < -0.3 is 10.5 Å².